The van der Waals surface area contributed by atoms with Gasteiger partial charge in [-0.25, -0.2) is 0 Å². The number of nitrogens with zero attached hydrogens (tertiary/aromatic N) is 1. The zero-order valence-electron chi connectivity index (χ0n) is 10.9. The van der Waals surface area contributed by atoms with Crippen molar-refractivity contribution in [3.05, 3.63) is 63.9 Å². The average Bonchev–Trinajstić information content (AvgIpc) is 2.78. The SMILES string of the molecule is Cc1c(C)n2c3ccccc3c3cccc(c1=O)c32. The first kappa shape index (κ1) is 10.6. The normalized spacial score (nSPS) is 11.9. The number of hydrogen-bond acceptors (Lipinski definition) is 1. The van der Waals surface area contributed by atoms with Crippen LogP contribution in [0.2, 0.25) is 0 Å². The molecule has 0 unspecified atom stereocenters. The Morgan fingerprint density at radius 1 is 0.842 bits per heavy atom. The number of rotatable bonds is 0. The van der Waals surface area contributed by atoms with Crippen LogP contribution in [0.5, 0.6) is 0 Å². The predicted molar refractivity (Wildman–Crippen MR) is 79.3 cm³/mol. The van der Waals surface area contributed by atoms with Crippen LogP contribution in [0.3, 0.4) is 0 Å². The van der Waals surface area contributed by atoms with E-state index < -0.39 is 0 Å². The number of fused-ring (bicyclic) bond motifs is 3. The molecule has 0 radical (unpaired) electrons. The second-order valence-electron chi connectivity index (χ2n) is 5.09. The van der Waals surface area contributed by atoms with Gasteiger partial charge < -0.3 is 4.40 Å². The van der Waals surface area contributed by atoms with Crippen molar-refractivity contribution in [2.45, 2.75) is 13.8 Å². The van der Waals surface area contributed by atoms with Crippen LogP contribution in [0, 0.1) is 13.8 Å². The number of aryl methyl sites for hydroxylation is 1. The number of benzene rings is 2. The third kappa shape index (κ3) is 1.14. The van der Waals surface area contributed by atoms with Crippen LogP contribution < -0.4 is 5.43 Å². The number of pyridine rings is 1. The first-order chi connectivity index (χ1) is 9.20. The van der Waals surface area contributed by atoms with Gasteiger partial charge in [0.15, 0.2) is 5.43 Å². The summed E-state index contributed by atoms with van der Waals surface area (Å²) in [6.07, 6.45) is 0. The monoisotopic (exact) mass is 247 g/mol. The molecule has 2 nitrogen and oxygen atoms in total. The first-order valence-corrected chi connectivity index (χ1v) is 6.45. The highest BCUT2D eigenvalue weighted by Gasteiger charge is 2.15. The molecule has 92 valence electrons. The van der Waals surface area contributed by atoms with Gasteiger partial charge in [0, 0.05) is 27.4 Å². The van der Waals surface area contributed by atoms with E-state index in [-0.39, 0.29) is 5.43 Å². The first-order valence-electron chi connectivity index (χ1n) is 6.45. The zero-order valence-corrected chi connectivity index (χ0v) is 10.9. The van der Waals surface area contributed by atoms with Gasteiger partial charge in [0.1, 0.15) is 0 Å². The van der Waals surface area contributed by atoms with Gasteiger partial charge in [-0.2, -0.15) is 0 Å². The van der Waals surface area contributed by atoms with Crippen molar-refractivity contribution in [1.82, 2.24) is 4.40 Å². The minimum Gasteiger partial charge on any atom is -0.312 e. The molecule has 0 atom stereocenters. The quantitative estimate of drug-likeness (QED) is 0.464. The molecule has 0 aliphatic rings. The summed E-state index contributed by atoms with van der Waals surface area (Å²) in [7, 11) is 0. The van der Waals surface area contributed by atoms with Crippen LogP contribution >= 0.6 is 0 Å². The van der Waals surface area contributed by atoms with Crippen LogP contribution in [0.4, 0.5) is 0 Å². The summed E-state index contributed by atoms with van der Waals surface area (Å²) in [5.41, 5.74) is 4.25. The standard InChI is InChI=1S/C17H13NO/c1-10-11(2)18-15-9-4-3-6-12(15)13-7-5-8-14(16(13)18)17(10)19/h3-9H,1-2H3. The highest BCUT2D eigenvalue weighted by atomic mass is 16.1. The lowest BCUT2D eigenvalue weighted by atomic mass is 10.1. The predicted octanol–water partition coefficient (Wildman–Crippen LogP) is 3.66. The van der Waals surface area contributed by atoms with E-state index in [1.165, 1.54) is 10.9 Å². The Labute approximate surface area is 110 Å². The summed E-state index contributed by atoms with van der Waals surface area (Å²) >= 11 is 0. The zero-order chi connectivity index (χ0) is 13.1. The maximum Gasteiger partial charge on any atom is 0.192 e. The fraction of sp³-hybridized carbons (Fsp3) is 0.118. The van der Waals surface area contributed by atoms with E-state index in [2.05, 4.69) is 22.6 Å². The molecule has 0 fully saturated rings. The van der Waals surface area contributed by atoms with Crippen molar-refractivity contribution in [1.29, 1.82) is 0 Å². The third-order valence-corrected chi connectivity index (χ3v) is 4.16. The van der Waals surface area contributed by atoms with E-state index in [0.717, 1.165) is 27.5 Å². The molecule has 19 heavy (non-hydrogen) atoms. The lowest BCUT2D eigenvalue weighted by Gasteiger charge is -2.08. The van der Waals surface area contributed by atoms with Gasteiger partial charge in [-0.3, -0.25) is 4.79 Å². The van der Waals surface area contributed by atoms with Gasteiger partial charge in [-0.15, -0.1) is 0 Å². The molecule has 4 aromatic rings. The molecule has 4 rings (SSSR count). The highest BCUT2D eigenvalue weighted by molar-refractivity contribution is 6.14. The molecule has 2 heterocycles. The van der Waals surface area contributed by atoms with Crippen molar-refractivity contribution in [3.8, 4) is 0 Å². The topological polar surface area (TPSA) is 21.5 Å². The minimum absolute atomic E-state index is 0.151. The van der Waals surface area contributed by atoms with Gasteiger partial charge in [0.05, 0.1) is 11.0 Å². The van der Waals surface area contributed by atoms with Crippen molar-refractivity contribution in [2.24, 2.45) is 0 Å². The second-order valence-corrected chi connectivity index (χ2v) is 5.09. The Balaban J connectivity index is 2.55. The summed E-state index contributed by atoms with van der Waals surface area (Å²) in [6, 6.07) is 14.3. The van der Waals surface area contributed by atoms with Crippen LogP contribution in [-0.4, -0.2) is 4.40 Å². The van der Waals surface area contributed by atoms with E-state index in [1.807, 2.05) is 38.1 Å². The molecule has 0 N–H and O–H groups in total. The molecule has 0 saturated carbocycles. The maximum atomic E-state index is 12.4. The molecule has 2 aromatic heterocycles. The van der Waals surface area contributed by atoms with Crippen LogP contribution in [0.25, 0.3) is 27.2 Å². The van der Waals surface area contributed by atoms with Gasteiger partial charge in [0.2, 0.25) is 0 Å². The second kappa shape index (κ2) is 3.35. The molecule has 0 aliphatic heterocycles. The van der Waals surface area contributed by atoms with Crippen molar-refractivity contribution in [3.63, 3.8) is 0 Å². The van der Waals surface area contributed by atoms with Gasteiger partial charge in [-0.05, 0) is 26.0 Å². The third-order valence-electron chi connectivity index (χ3n) is 4.16. The summed E-state index contributed by atoms with van der Waals surface area (Å²) in [5.74, 6) is 0. The minimum atomic E-state index is 0.151. The Bertz CT molecular complexity index is 995. The molecular weight excluding hydrogens is 234 g/mol. The van der Waals surface area contributed by atoms with Crippen molar-refractivity contribution < 1.29 is 0 Å². The Morgan fingerprint density at radius 2 is 1.53 bits per heavy atom. The van der Waals surface area contributed by atoms with Crippen molar-refractivity contribution in [2.75, 3.05) is 0 Å². The number of aromatic nitrogens is 1. The fourth-order valence-electron chi connectivity index (χ4n) is 3.08. The van der Waals surface area contributed by atoms with E-state index in [9.17, 15) is 4.79 Å². The Morgan fingerprint density at radius 3 is 2.37 bits per heavy atom. The van der Waals surface area contributed by atoms with E-state index in [4.69, 9.17) is 0 Å². The number of hydrogen-bond donors (Lipinski definition) is 0. The van der Waals surface area contributed by atoms with Gasteiger partial charge in [0.25, 0.3) is 0 Å². The van der Waals surface area contributed by atoms with Crippen LogP contribution in [-0.2, 0) is 0 Å². The molecule has 2 aromatic carbocycles. The Hall–Kier alpha value is -2.35. The van der Waals surface area contributed by atoms with Crippen LogP contribution in [0.15, 0.2) is 47.3 Å². The summed E-state index contributed by atoms with van der Waals surface area (Å²) in [4.78, 5) is 12.4. The maximum absolute atomic E-state index is 12.4. The van der Waals surface area contributed by atoms with E-state index in [0.29, 0.717) is 0 Å². The highest BCUT2D eigenvalue weighted by Crippen LogP contribution is 2.31. The Kier molecular flexibility index (Phi) is 1.86. The summed E-state index contributed by atoms with van der Waals surface area (Å²) in [6.45, 7) is 3.93. The molecule has 0 bridgehead atoms. The van der Waals surface area contributed by atoms with Crippen LogP contribution in [0.1, 0.15) is 11.3 Å². The molecule has 0 spiro atoms. The fourth-order valence-corrected chi connectivity index (χ4v) is 3.08. The van der Waals surface area contributed by atoms with Gasteiger partial charge >= 0.3 is 0 Å². The molecule has 0 amide bonds. The van der Waals surface area contributed by atoms with Crippen molar-refractivity contribution >= 4 is 27.2 Å². The van der Waals surface area contributed by atoms with E-state index >= 15 is 0 Å². The largest absolute Gasteiger partial charge is 0.312 e. The van der Waals surface area contributed by atoms with Gasteiger partial charge in [-0.1, -0.05) is 30.3 Å². The molecule has 0 aliphatic carbocycles. The summed E-state index contributed by atoms with van der Waals surface area (Å²) < 4.78 is 2.22. The number of para-hydroxylation sites is 2. The molecular formula is C17H13NO. The van der Waals surface area contributed by atoms with E-state index in [1.54, 1.807) is 0 Å². The molecule has 2 heteroatoms. The average molecular weight is 247 g/mol. The lowest BCUT2D eigenvalue weighted by molar-refractivity contribution is 1.10. The molecule has 0 saturated heterocycles. The lowest BCUT2D eigenvalue weighted by Crippen LogP contribution is -2.11. The summed E-state index contributed by atoms with van der Waals surface area (Å²) in [5, 5.41) is 3.19. The smallest absolute Gasteiger partial charge is 0.192 e.